The summed E-state index contributed by atoms with van der Waals surface area (Å²) in [4.78, 5) is 25.9. The third kappa shape index (κ3) is 3.11. The molecule has 2 aromatic heterocycles. The van der Waals surface area contributed by atoms with Gasteiger partial charge >= 0.3 is 11.3 Å². The van der Waals surface area contributed by atoms with Crippen molar-refractivity contribution in [1.29, 1.82) is 0 Å². The Balaban J connectivity index is 1.85. The number of halogens is 1. The Morgan fingerprint density at radius 1 is 0.600 bits per heavy atom. The van der Waals surface area contributed by atoms with Crippen molar-refractivity contribution in [2.75, 3.05) is 0 Å². The van der Waals surface area contributed by atoms with Crippen LogP contribution in [-0.2, 0) is 0 Å². The summed E-state index contributed by atoms with van der Waals surface area (Å²) in [6.45, 7) is 0. The van der Waals surface area contributed by atoms with Gasteiger partial charge in [-0.25, -0.2) is 9.59 Å². The Morgan fingerprint density at radius 3 is 1.60 bits per heavy atom. The summed E-state index contributed by atoms with van der Waals surface area (Å²) in [5.41, 5.74) is 1.19. The van der Waals surface area contributed by atoms with Gasteiger partial charge in [0.25, 0.3) is 0 Å². The van der Waals surface area contributed by atoms with Gasteiger partial charge in [0, 0.05) is 21.7 Å². The van der Waals surface area contributed by atoms with Crippen LogP contribution in [0, 0.1) is 0 Å². The normalized spacial score (nSPS) is 11.4. The van der Waals surface area contributed by atoms with Crippen molar-refractivity contribution in [3.05, 3.63) is 127 Å². The van der Waals surface area contributed by atoms with Crippen LogP contribution in [0.15, 0.2) is 103 Å². The maximum Gasteiger partial charge on any atom is 0.340 e. The van der Waals surface area contributed by atoms with Gasteiger partial charge in [-0.05, 0) is 35.9 Å². The standard InChI is InChI=1S/C25H15ClO4/c26-20-10-4-3-9-17(20)23(18-13-15-7-1-5-11-21(15)29-24(18)27)19-14-16-8-2-6-12-22(16)30-25(19)28/h1-14,23H. The lowest BCUT2D eigenvalue weighted by Gasteiger charge is -2.18. The minimum Gasteiger partial charge on any atom is -0.423 e. The summed E-state index contributed by atoms with van der Waals surface area (Å²) in [7, 11) is 0. The number of fused-ring (bicyclic) bond motifs is 2. The molecule has 0 atom stereocenters. The van der Waals surface area contributed by atoms with Crippen LogP contribution in [0.2, 0.25) is 5.02 Å². The summed E-state index contributed by atoms with van der Waals surface area (Å²) in [6.07, 6.45) is 0. The first-order chi connectivity index (χ1) is 14.6. The Morgan fingerprint density at radius 2 is 1.07 bits per heavy atom. The highest BCUT2D eigenvalue weighted by Gasteiger charge is 2.27. The highest BCUT2D eigenvalue weighted by molar-refractivity contribution is 6.31. The van der Waals surface area contributed by atoms with Crippen LogP contribution in [-0.4, -0.2) is 0 Å². The van der Waals surface area contributed by atoms with Crippen molar-refractivity contribution < 1.29 is 8.83 Å². The molecule has 0 saturated carbocycles. The predicted octanol–water partition coefficient (Wildman–Crippen LogP) is 5.73. The van der Waals surface area contributed by atoms with Gasteiger partial charge in [0.2, 0.25) is 0 Å². The van der Waals surface area contributed by atoms with Crippen LogP contribution >= 0.6 is 11.6 Å². The molecule has 146 valence electrons. The van der Waals surface area contributed by atoms with Gasteiger partial charge in [0.05, 0.1) is 11.1 Å². The molecule has 0 aliphatic rings. The van der Waals surface area contributed by atoms with Crippen molar-refractivity contribution in [2.45, 2.75) is 5.92 Å². The van der Waals surface area contributed by atoms with Crippen LogP contribution in [0.4, 0.5) is 0 Å². The highest BCUT2D eigenvalue weighted by atomic mass is 35.5. The van der Waals surface area contributed by atoms with Crippen LogP contribution < -0.4 is 11.3 Å². The fourth-order valence-corrected chi connectivity index (χ4v) is 4.01. The summed E-state index contributed by atoms with van der Waals surface area (Å²) >= 11 is 6.49. The molecule has 3 aromatic carbocycles. The average molecular weight is 415 g/mol. The van der Waals surface area contributed by atoms with Crippen LogP contribution in [0.1, 0.15) is 22.6 Å². The lowest BCUT2D eigenvalue weighted by Crippen LogP contribution is -2.20. The third-order valence-electron chi connectivity index (χ3n) is 5.17. The van der Waals surface area contributed by atoms with Crippen molar-refractivity contribution in [3.63, 3.8) is 0 Å². The fourth-order valence-electron chi connectivity index (χ4n) is 3.77. The summed E-state index contributed by atoms with van der Waals surface area (Å²) in [5, 5.41) is 1.96. The van der Waals surface area contributed by atoms with Gasteiger partial charge in [0.1, 0.15) is 11.2 Å². The van der Waals surface area contributed by atoms with Crippen molar-refractivity contribution >= 4 is 33.5 Å². The molecule has 0 amide bonds. The molecule has 5 heteroatoms. The quantitative estimate of drug-likeness (QED) is 0.353. The third-order valence-corrected chi connectivity index (χ3v) is 5.52. The molecule has 0 aliphatic heterocycles. The molecular weight excluding hydrogens is 400 g/mol. The zero-order valence-corrected chi connectivity index (χ0v) is 16.4. The number of hydrogen-bond donors (Lipinski definition) is 0. The Kier molecular flexibility index (Phi) is 4.49. The molecule has 0 radical (unpaired) electrons. The fraction of sp³-hybridized carbons (Fsp3) is 0.0400. The SMILES string of the molecule is O=c1oc2ccccc2cc1C(c1ccccc1Cl)c1cc2ccccc2oc1=O. The number of benzene rings is 3. The molecule has 5 rings (SSSR count). The zero-order valence-electron chi connectivity index (χ0n) is 15.7. The maximum absolute atomic E-state index is 13.0. The van der Waals surface area contributed by atoms with E-state index in [1.807, 2.05) is 30.3 Å². The number of hydrogen-bond acceptors (Lipinski definition) is 4. The van der Waals surface area contributed by atoms with E-state index in [0.717, 1.165) is 10.8 Å². The second-order valence-electron chi connectivity index (χ2n) is 7.01. The highest BCUT2D eigenvalue weighted by Crippen LogP contribution is 2.35. The summed E-state index contributed by atoms with van der Waals surface area (Å²) in [6, 6.07) is 25.2. The summed E-state index contributed by atoms with van der Waals surface area (Å²) < 4.78 is 11.1. The molecule has 2 heterocycles. The van der Waals surface area contributed by atoms with Crippen LogP contribution in [0.25, 0.3) is 21.9 Å². The molecular formula is C25H15ClO4. The largest absolute Gasteiger partial charge is 0.423 e. The molecule has 0 spiro atoms. The average Bonchev–Trinajstić information content (AvgIpc) is 2.75. The van der Waals surface area contributed by atoms with Crippen molar-refractivity contribution in [1.82, 2.24) is 0 Å². The second kappa shape index (κ2) is 7.32. The van der Waals surface area contributed by atoms with Gasteiger partial charge < -0.3 is 8.83 Å². The van der Waals surface area contributed by atoms with Gasteiger partial charge in [-0.2, -0.15) is 0 Å². The summed E-state index contributed by atoms with van der Waals surface area (Å²) in [5.74, 6) is -0.736. The molecule has 30 heavy (non-hydrogen) atoms. The molecule has 0 unspecified atom stereocenters. The van der Waals surface area contributed by atoms with E-state index in [2.05, 4.69) is 0 Å². The molecule has 0 fully saturated rings. The monoisotopic (exact) mass is 414 g/mol. The second-order valence-corrected chi connectivity index (χ2v) is 7.42. The first kappa shape index (κ1) is 18.4. The molecule has 0 N–H and O–H groups in total. The minimum absolute atomic E-state index is 0.324. The van der Waals surface area contributed by atoms with E-state index in [4.69, 9.17) is 20.4 Å². The van der Waals surface area contributed by atoms with Crippen molar-refractivity contribution in [2.24, 2.45) is 0 Å². The van der Waals surface area contributed by atoms with Gasteiger partial charge in [0.15, 0.2) is 0 Å². The van der Waals surface area contributed by atoms with E-state index in [-0.39, 0.29) is 0 Å². The smallest absolute Gasteiger partial charge is 0.340 e. The van der Waals surface area contributed by atoms with E-state index in [9.17, 15) is 9.59 Å². The van der Waals surface area contributed by atoms with Crippen LogP contribution in [0.5, 0.6) is 0 Å². The van der Waals surface area contributed by atoms with E-state index < -0.39 is 17.2 Å². The van der Waals surface area contributed by atoms with Crippen molar-refractivity contribution in [3.8, 4) is 0 Å². The predicted molar refractivity (Wildman–Crippen MR) is 117 cm³/mol. The molecule has 0 aliphatic carbocycles. The van der Waals surface area contributed by atoms with Gasteiger partial charge in [-0.1, -0.05) is 66.2 Å². The number of rotatable bonds is 3. The Bertz CT molecular complexity index is 1420. The molecule has 0 saturated heterocycles. The van der Waals surface area contributed by atoms with Gasteiger partial charge in [-0.3, -0.25) is 0 Å². The van der Waals surface area contributed by atoms with E-state index >= 15 is 0 Å². The Labute approximate surface area is 176 Å². The minimum atomic E-state index is -0.736. The number of para-hydroxylation sites is 2. The Hall–Kier alpha value is -3.63. The van der Waals surface area contributed by atoms with Gasteiger partial charge in [-0.15, -0.1) is 0 Å². The molecule has 0 bridgehead atoms. The topological polar surface area (TPSA) is 60.4 Å². The maximum atomic E-state index is 13.0. The van der Waals surface area contributed by atoms with Crippen LogP contribution in [0.3, 0.4) is 0 Å². The van der Waals surface area contributed by atoms with E-state index in [1.165, 1.54) is 0 Å². The lowest BCUT2D eigenvalue weighted by molar-refractivity contribution is 0.535. The first-order valence-corrected chi connectivity index (χ1v) is 9.79. The zero-order chi connectivity index (χ0) is 20.7. The van der Waals surface area contributed by atoms with E-state index in [1.54, 1.807) is 54.6 Å². The molecule has 5 aromatic rings. The lowest BCUT2D eigenvalue weighted by atomic mass is 9.86. The van der Waals surface area contributed by atoms with E-state index in [0.29, 0.717) is 32.9 Å². The molecule has 4 nitrogen and oxygen atoms in total. The first-order valence-electron chi connectivity index (χ1n) is 9.42.